The van der Waals surface area contributed by atoms with E-state index in [9.17, 15) is 5.26 Å². The summed E-state index contributed by atoms with van der Waals surface area (Å²) in [7, 11) is 0. The Morgan fingerprint density at radius 3 is 3.14 bits per heavy atom. The lowest BCUT2D eigenvalue weighted by atomic mass is 9.64. The van der Waals surface area contributed by atoms with Crippen molar-refractivity contribution < 1.29 is 9.47 Å². The normalized spacial score (nSPS) is 40.1. The quantitative estimate of drug-likeness (QED) is 0.739. The maximum atomic E-state index is 9.51. The van der Waals surface area contributed by atoms with Crippen LogP contribution < -0.4 is 0 Å². The van der Waals surface area contributed by atoms with Gasteiger partial charge < -0.3 is 9.47 Å². The standard InChI is InChI=1S/C18H16N2O2/c19-8-12-2-1-3-14-17(12)18(9-20-14)10-22-16-7-15-11(4-5-21-15)6-13(16)18/h1-5,9,11,13,15-16H,6-7,10H2. The van der Waals surface area contributed by atoms with Gasteiger partial charge in [-0.25, -0.2) is 0 Å². The Balaban J connectivity index is 1.62. The zero-order valence-corrected chi connectivity index (χ0v) is 12.1. The van der Waals surface area contributed by atoms with Gasteiger partial charge in [0.05, 0.1) is 41.7 Å². The second-order valence-electron chi connectivity index (χ2n) is 6.70. The predicted molar refractivity (Wildman–Crippen MR) is 81.0 cm³/mol. The van der Waals surface area contributed by atoms with Crippen LogP contribution in [0.3, 0.4) is 0 Å². The molecule has 1 spiro atoms. The van der Waals surface area contributed by atoms with Crippen LogP contribution in [0.5, 0.6) is 0 Å². The first-order valence-electron chi connectivity index (χ1n) is 7.84. The van der Waals surface area contributed by atoms with Gasteiger partial charge in [-0.2, -0.15) is 5.26 Å². The van der Waals surface area contributed by atoms with Gasteiger partial charge in [0, 0.05) is 30.0 Å². The molecule has 5 atom stereocenters. The summed E-state index contributed by atoms with van der Waals surface area (Å²) >= 11 is 0. The van der Waals surface area contributed by atoms with Gasteiger partial charge in [0.15, 0.2) is 0 Å². The minimum Gasteiger partial charge on any atom is -0.498 e. The van der Waals surface area contributed by atoms with E-state index in [4.69, 9.17) is 9.47 Å². The molecule has 1 saturated carbocycles. The number of nitriles is 1. The van der Waals surface area contributed by atoms with Crippen molar-refractivity contribution in [1.82, 2.24) is 0 Å². The molecule has 4 heteroatoms. The topological polar surface area (TPSA) is 54.6 Å². The molecule has 0 N–H and O–H groups in total. The van der Waals surface area contributed by atoms with Crippen LogP contribution in [0.25, 0.3) is 0 Å². The molecular formula is C18H16N2O2. The van der Waals surface area contributed by atoms with Crippen LogP contribution in [0.2, 0.25) is 0 Å². The molecule has 1 aromatic carbocycles. The van der Waals surface area contributed by atoms with Gasteiger partial charge in [0.1, 0.15) is 6.10 Å². The first kappa shape index (κ1) is 12.4. The summed E-state index contributed by atoms with van der Waals surface area (Å²) in [4.78, 5) is 4.61. The maximum absolute atomic E-state index is 9.51. The highest BCUT2D eigenvalue weighted by Crippen LogP contribution is 2.54. The summed E-state index contributed by atoms with van der Waals surface area (Å²) in [5.41, 5.74) is 2.52. The molecule has 1 saturated heterocycles. The number of hydrogen-bond acceptors (Lipinski definition) is 4. The van der Waals surface area contributed by atoms with Crippen molar-refractivity contribution in [1.29, 1.82) is 5.26 Å². The monoisotopic (exact) mass is 292 g/mol. The number of hydrogen-bond donors (Lipinski definition) is 0. The molecular weight excluding hydrogens is 276 g/mol. The lowest BCUT2D eigenvalue weighted by molar-refractivity contribution is -0.00711. The van der Waals surface area contributed by atoms with Gasteiger partial charge in [-0.1, -0.05) is 6.07 Å². The SMILES string of the molecule is N#Cc1cccc2c1C1(C=N2)COC2CC3OC=CC3CC21. The van der Waals surface area contributed by atoms with Gasteiger partial charge in [0.25, 0.3) is 0 Å². The molecule has 5 rings (SSSR count). The van der Waals surface area contributed by atoms with Crippen molar-refractivity contribution in [3.05, 3.63) is 41.7 Å². The third-order valence-electron chi connectivity index (χ3n) is 5.76. The molecule has 110 valence electrons. The summed E-state index contributed by atoms with van der Waals surface area (Å²) in [6.07, 6.45) is 8.49. The Morgan fingerprint density at radius 1 is 1.27 bits per heavy atom. The van der Waals surface area contributed by atoms with Gasteiger partial charge in [-0.05, 0) is 24.6 Å². The van der Waals surface area contributed by atoms with E-state index in [1.165, 1.54) is 0 Å². The van der Waals surface area contributed by atoms with Crippen LogP contribution in [0, 0.1) is 23.2 Å². The fourth-order valence-electron chi connectivity index (χ4n) is 4.72. The van der Waals surface area contributed by atoms with Gasteiger partial charge in [-0.3, -0.25) is 4.99 Å². The number of fused-ring (bicyclic) bond motifs is 5. The highest BCUT2D eigenvalue weighted by Gasteiger charge is 2.57. The van der Waals surface area contributed by atoms with Gasteiger partial charge >= 0.3 is 0 Å². The molecule has 4 nitrogen and oxygen atoms in total. The summed E-state index contributed by atoms with van der Waals surface area (Å²) in [5.74, 6) is 0.839. The van der Waals surface area contributed by atoms with Crippen LogP contribution in [0.1, 0.15) is 24.0 Å². The zero-order chi connectivity index (χ0) is 14.7. The fourth-order valence-corrected chi connectivity index (χ4v) is 4.72. The molecule has 1 aromatic rings. The summed E-state index contributed by atoms with van der Waals surface area (Å²) in [6.45, 7) is 0.626. The Bertz CT molecular complexity index is 748. The first-order chi connectivity index (χ1) is 10.8. The molecule has 1 aliphatic carbocycles. The van der Waals surface area contributed by atoms with E-state index in [0.29, 0.717) is 18.4 Å². The van der Waals surface area contributed by atoms with Gasteiger partial charge in [0.2, 0.25) is 0 Å². The Kier molecular flexibility index (Phi) is 2.38. The number of nitrogens with zero attached hydrogens (tertiary/aromatic N) is 2. The maximum Gasteiger partial charge on any atom is 0.107 e. The number of ether oxygens (including phenoxy) is 2. The highest BCUT2D eigenvalue weighted by molar-refractivity contribution is 5.88. The second-order valence-corrected chi connectivity index (χ2v) is 6.70. The van der Waals surface area contributed by atoms with E-state index in [0.717, 1.165) is 29.7 Å². The molecule has 0 aromatic heterocycles. The molecule has 5 unspecified atom stereocenters. The Hall–Kier alpha value is -2.12. The van der Waals surface area contributed by atoms with Crippen LogP contribution in [-0.2, 0) is 14.9 Å². The van der Waals surface area contributed by atoms with Crippen LogP contribution in [-0.4, -0.2) is 25.0 Å². The molecule has 22 heavy (non-hydrogen) atoms. The first-order valence-corrected chi connectivity index (χ1v) is 7.84. The number of rotatable bonds is 0. The van der Waals surface area contributed by atoms with E-state index in [-0.39, 0.29) is 17.6 Å². The average molecular weight is 292 g/mol. The largest absolute Gasteiger partial charge is 0.498 e. The molecule has 3 heterocycles. The van der Waals surface area contributed by atoms with Crippen LogP contribution >= 0.6 is 0 Å². The molecule has 0 amide bonds. The molecule has 0 radical (unpaired) electrons. The highest BCUT2D eigenvalue weighted by atomic mass is 16.5. The third kappa shape index (κ3) is 1.42. The number of aliphatic imine (C=N–C) groups is 1. The van der Waals surface area contributed by atoms with Crippen molar-refractivity contribution in [2.75, 3.05) is 6.61 Å². The van der Waals surface area contributed by atoms with E-state index in [1.807, 2.05) is 30.7 Å². The van der Waals surface area contributed by atoms with E-state index >= 15 is 0 Å². The Morgan fingerprint density at radius 2 is 2.23 bits per heavy atom. The van der Waals surface area contributed by atoms with Gasteiger partial charge in [-0.15, -0.1) is 0 Å². The fraction of sp³-hybridized carbons (Fsp3) is 0.444. The molecule has 3 aliphatic heterocycles. The lowest BCUT2D eigenvalue weighted by Crippen LogP contribution is -2.43. The molecule has 4 aliphatic rings. The minimum absolute atomic E-state index is 0.199. The van der Waals surface area contributed by atoms with Crippen molar-refractivity contribution in [2.45, 2.75) is 30.5 Å². The van der Waals surface area contributed by atoms with E-state index in [2.05, 4.69) is 17.1 Å². The lowest BCUT2D eigenvalue weighted by Gasteiger charge is -2.38. The van der Waals surface area contributed by atoms with E-state index in [1.54, 1.807) is 0 Å². The molecule has 0 bridgehead atoms. The summed E-state index contributed by atoms with van der Waals surface area (Å²) in [5, 5.41) is 9.51. The smallest absolute Gasteiger partial charge is 0.107 e. The Labute approximate surface area is 129 Å². The molecule has 2 fully saturated rings. The predicted octanol–water partition coefficient (Wildman–Crippen LogP) is 2.85. The number of benzene rings is 1. The van der Waals surface area contributed by atoms with Crippen molar-refractivity contribution in [3.63, 3.8) is 0 Å². The third-order valence-corrected chi connectivity index (χ3v) is 5.76. The van der Waals surface area contributed by atoms with Crippen molar-refractivity contribution in [2.24, 2.45) is 16.8 Å². The summed E-state index contributed by atoms with van der Waals surface area (Å²) in [6, 6.07) is 8.15. The summed E-state index contributed by atoms with van der Waals surface area (Å²) < 4.78 is 11.8. The average Bonchev–Trinajstić information content (AvgIpc) is 3.25. The van der Waals surface area contributed by atoms with Crippen molar-refractivity contribution >= 4 is 11.9 Å². The van der Waals surface area contributed by atoms with Crippen LogP contribution in [0.4, 0.5) is 5.69 Å². The minimum atomic E-state index is -0.228. The van der Waals surface area contributed by atoms with Crippen molar-refractivity contribution in [3.8, 4) is 6.07 Å². The second kappa shape index (κ2) is 4.21. The zero-order valence-electron chi connectivity index (χ0n) is 12.1. The van der Waals surface area contributed by atoms with Crippen LogP contribution in [0.15, 0.2) is 35.5 Å². The van der Waals surface area contributed by atoms with E-state index < -0.39 is 0 Å².